The minimum Gasteiger partial charge on any atom is -0.378 e. The molecule has 0 aliphatic carbocycles. The average molecular weight is 382 g/mol. The second-order valence-corrected chi connectivity index (χ2v) is 6.65. The molecule has 1 aliphatic heterocycles. The molecule has 1 aliphatic rings. The van der Waals surface area contributed by atoms with Crippen LogP contribution in [0.3, 0.4) is 0 Å². The number of hydrogen-bond donors (Lipinski definition) is 0. The van der Waals surface area contributed by atoms with Gasteiger partial charge in [-0.1, -0.05) is 6.07 Å². The molecule has 0 N–H and O–H groups in total. The monoisotopic (exact) mass is 382 g/mol. The first-order valence-corrected chi connectivity index (χ1v) is 8.70. The van der Waals surface area contributed by atoms with Crippen LogP contribution in [0, 0.1) is 0 Å². The third-order valence-electron chi connectivity index (χ3n) is 4.01. The molecule has 0 atom stereocenters. The molecule has 1 amide bonds. The van der Waals surface area contributed by atoms with Gasteiger partial charge in [0, 0.05) is 19.2 Å². The Hall–Kier alpha value is -2.46. The first-order valence-electron chi connectivity index (χ1n) is 7.82. The summed E-state index contributed by atoms with van der Waals surface area (Å²) < 4.78 is 46.4. The summed E-state index contributed by atoms with van der Waals surface area (Å²) >= 11 is 1.29. The summed E-state index contributed by atoms with van der Waals surface area (Å²) in [6.45, 7) is 1.56. The van der Waals surface area contributed by atoms with Gasteiger partial charge in [0.15, 0.2) is 17.0 Å². The molecule has 0 bridgehead atoms. The summed E-state index contributed by atoms with van der Waals surface area (Å²) in [4.78, 5) is 18.9. The van der Waals surface area contributed by atoms with Crippen molar-refractivity contribution in [3.8, 4) is 10.6 Å². The smallest absolute Gasteiger partial charge is 0.378 e. The van der Waals surface area contributed by atoms with Crippen molar-refractivity contribution in [1.29, 1.82) is 0 Å². The number of ether oxygens (including phenoxy) is 1. The van der Waals surface area contributed by atoms with E-state index in [0.29, 0.717) is 35.7 Å². The quantitative estimate of drug-likeness (QED) is 0.684. The van der Waals surface area contributed by atoms with E-state index in [0.717, 1.165) is 6.07 Å². The number of nitrogens with zero attached hydrogens (tertiary/aromatic N) is 4. The van der Waals surface area contributed by atoms with Crippen molar-refractivity contribution in [2.75, 3.05) is 26.3 Å². The van der Waals surface area contributed by atoms with E-state index >= 15 is 0 Å². The summed E-state index contributed by atoms with van der Waals surface area (Å²) in [6.07, 6.45) is -4.63. The van der Waals surface area contributed by atoms with Crippen LogP contribution in [0.25, 0.3) is 16.2 Å². The van der Waals surface area contributed by atoms with Crippen molar-refractivity contribution in [2.24, 2.45) is 0 Å². The molecule has 0 radical (unpaired) electrons. The predicted octanol–water partition coefficient (Wildman–Crippen LogP) is 2.95. The number of morpholine rings is 1. The average Bonchev–Trinajstić information content (AvgIpc) is 3.29. The Morgan fingerprint density at radius 3 is 2.65 bits per heavy atom. The molecule has 0 spiro atoms. The maximum absolute atomic E-state index is 13.5. The maximum Gasteiger partial charge on any atom is 0.433 e. The Kier molecular flexibility index (Phi) is 4.16. The van der Waals surface area contributed by atoms with E-state index in [1.807, 2.05) is 0 Å². The Balaban J connectivity index is 1.82. The molecular weight excluding hydrogens is 369 g/mol. The van der Waals surface area contributed by atoms with Crippen LogP contribution < -0.4 is 0 Å². The number of fused-ring (bicyclic) bond motifs is 1. The van der Waals surface area contributed by atoms with Gasteiger partial charge in [-0.05, 0) is 17.5 Å². The predicted molar refractivity (Wildman–Crippen MR) is 88.0 cm³/mol. The highest BCUT2D eigenvalue weighted by Gasteiger charge is 2.36. The number of rotatable bonds is 2. The van der Waals surface area contributed by atoms with Crippen LogP contribution in [0.5, 0.6) is 0 Å². The first kappa shape index (κ1) is 17.0. The van der Waals surface area contributed by atoms with Gasteiger partial charge >= 0.3 is 6.18 Å². The molecule has 0 aromatic carbocycles. The number of aromatic nitrogens is 3. The van der Waals surface area contributed by atoms with Gasteiger partial charge in [0.05, 0.1) is 23.8 Å². The van der Waals surface area contributed by atoms with E-state index in [9.17, 15) is 18.0 Å². The number of thiophene rings is 1. The third-order valence-corrected chi connectivity index (χ3v) is 4.90. The van der Waals surface area contributed by atoms with Crippen molar-refractivity contribution in [2.45, 2.75) is 6.18 Å². The zero-order chi connectivity index (χ0) is 18.3. The summed E-state index contributed by atoms with van der Waals surface area (Å²) in [6, 6.07) is 5.68. The minimum atomic E-state index is -4.63. The highest BCUT2D eigenvalue weighted by Crippen LogP contribution is 2.33. The SMILES string of the molecule is O=C(c1cc2nc(-c3cccs3)cc(C(F)(F)F)n2n1)N1CCOCC1. The van der Waals surface area contributed by atoms with Crippen molar-refractivity contribution < 1.29 is 22.7 Å². The standard InChI is InChI=1S/C16H13F3N4O2S/c17-16(18,19)13-8-10(12-2-1-7-26-12)20-14-9-11(21-23(13)14)15(24)22-3-5-25-6-4-22/h1-2,7-9H,3-6H2. The molecule has 0 unspecified atom stereocenters. The van der Waals surface area contributed by atoms with Crippen LogP contribution in [0.2, 0.25) is 0 Å². The van der Waals surface area contributed by atoms with Crippen molar-refractivity contribution >= 4 is 22.9 Å². The zero-order valence-electron chi connectivity index (χ0n) is 13.4. The Morgan fingerprint density at radius 1 is 1.23 bits per heavy atom. The molecule has 4 heterocycles. The van der Waals surface area contributed by atoms with Crippen molar-refractivity contribution in [1.82, 2.24) is 19.5 Å². The molecule has 26 heavy (non-hydrogen) atoms. The van der Waals surface area contributed by atoms with E-state index in [1.54, 1.807) is 17.5 Å². The number of amides is 1. The second kappa shape index (κ2) is 6.36. The van der Waals surface area contributed by atoms with E-state index in [2.05, 4.69) is 10.1 Å². The fourth-order valence-electron chi connectivity index (χ4n) is 2.76. The third kappa shape index (κ3) is 3.06. The molecule has 3 aromatic rings. The number of carbonyl (C=O) groups excluding carboxylic acids is 1. The molecule has 10 heteroatoms. The van der Waals surface area contributed by atoms with Gasteiger partial charge in [-0.25, -0.2) is 9.50 Å². The van der Waals surface area contributed by atoms with Crippen LogP contribution >= 0.6 is 11.3 Å². The normalized spacial score (nSPS) is 15.6. The Morgan fingerprint density at radius 2 is 2.00 bits per heavy atom. The second-order valence-electron chi connectivity index (χ2n) is 5.71. The van der Waals surface area contributed by atoms with Crippen LogP contribution in [0.4, 0.5) is 13.2 Å². The number of hydrogen-bond acceptors (Lipinski definition) is 5. The van der Waals surface area contributed by atoms with Crippen LogP contribution in [0.15, 0.2) is 29.6 Å². The lowest BCUT2D eigenvalue weighted by Crippen LogP contribution is -2.40. The first-order chi connectivity index (χ1) is 12.4. The molecule has 1 fully saturated rings. The summed E-state index contributed by atoms with van der Waals surface area (Å²) in [7, 11) is 0. The zero-order valence-corrected chi connectivity index (χ0v) is 14.2. The van der Waals surface area contributed by atoms with Gasteiger partial charge in [-0.2, -0.15) is 18.3 Å². The lowest BCUT2D eigenvalue weighted by molar-refractivity contribution is -0.142. The molecule has 6 nitrogen and oxygen atoms in total. The minimum absolute atomic E-state index is 0.0140. The van der Waals surface area contributed by atoms with Crippen LogP contribution in [-0.4, -0.2) is 51.7 Å². The van der Waals surface area contributed by atoms with Crippen LogP contribution in [-0.2, 0) is 10.9 Å². The topological polar surface area (TPSA) is 59.7 Å². The maximum atomic E-state index is 13.5. The van der Waals surface area contributed by atoms with Crippen molar-refractivity contribution in [3.63, 3.8) is 0 Å². The molecule has 0 saturated carbocycles. The molecule has 3 aromatic heterocycles. The van der Waals surface area contributed by atoms with E-state index in [1.165, 1.54) is 22.3 Å². The van der Waals surface area contributed by atoms with E-state index < -0.39 is 17.8 Å². The van der Waals surface area contributed by atoms with Crippen LogP contribution in [0.1, 0.15) is 16.2 Å². The van der Waals surface area contributed by atoms with Gasteiger partial charge < -0.3 is 9.64 Å². The fraction of sp³-hybridized carbons (Fsp3) is 0.312. The molecule has 1 saturated heterocycles. The van der Waals surface area contributed by atoms with Crippen molar-refractivity contribution in [3.05, 3.63) is 41.0 Å². The lowest BCUT2D eigenvalue weighted by Gasteiger charge is -2.25. The van der Waals surface area contributed by atoms with E-state index in [-0.39, 0.29) is 17.0 Å². The van der Waals surface area contributed by atoms with Gasteiger partial charge in [-0.3, -0.25) is 4.79 Å². The fourth-order valence-corrected chi connectivity index (χ4v) is 3.45. The number of halogens is 3. The summed E-state index contributed by atoms with van der Waals surface area (Å²) in [5.41, 5.74) is -0.843. The summed E-state index contributed by atoms with van der Waals surface area (Å²) in [5, 5.41) is 5.64. The number of carbonyl (C=O) groups is 1. The van der Waals surface area contributed by atoms with Gasteiger partial charge in [0.25, 0.3) is 5.91 Å². The Bertz CT molecular complexity index is 946. The molecular formula is C16H13F3N4O2S. The Labute approximate surface area is 149 Å². The highest BCUT2D eigenvalue weighted by atomic mass is 32.1. The largest absolute Gasteiger partial charge is 0.433 e. The lowest BCUT2D eigenvalue weighted by atomic mass is 10.2. The molecule has 136 valence electrons. The van der Waals surface area contributed by atoms with E-state index in [4.69, 9.17) is 4.74 Å². The number of alkyl halides is 3. The van der Waals surface area contributed by atoms with Gasteiger partial charge in [-0.15, -0.1) is 11.3 Å². The van der Waals surface area contributed by atoms with Gasteiger partial charge in [0.1, 0.15) is 0 Å². The summed E-state index contributed by atoms with van der Waals surface area (Å²) in [5.74, 6) is -0.426. The highest BCUT2D eigenvalue weighted by molar-refractivity contribution is 7.13. The molecule has 4 rings (SSSR count). The van der Waals surface area contributed by atoms with Gasteiger partial charge in [0.2, 0.25) is 0 Å².